The first kappa shape index (κ1) is 19.0. The van der Waals surface area contributed by atoms with Gasteiger partial charge in [-0.25, -0.2) is 0 Å². The van der Waals surface area contributed by atoms with E-state index in [-0.39, 0.29) is 23.7 Å². The molecule has 0 saturated heterocycles. The Hall–Kier alpha value is -2.35. The van der Waals surface area contributed by atoms with Gasteiger partial charge >= 0.3 is 0 Å². The molecule has 1 aliphatic rings. The lowest BCUT2D eigenvalue weighted by Crippen LogP contribution is -2.36. The fraction of sp³-hybridized carbons (Fsp3) is 0.550. The van der Waals surface area contributed by atoms with Crippen LogP contribution in [0.3, 0.4) is 0 Å². The van der Waals surface area contributed by atoms with E-state index in [0.717, 1.165) is 38.6 Å². The van der Waals surface area contributed by atoms with Crippen molar-refractivity contribution < 1.29 is 9.59 Å². The molecular formula is C20H27N3O2. The summed E-state index contributed by atoms with van der Waals surface area (Å²) in [5, 5.41) is 15.0. The summed E-state index contributed by atoms with van der Waals surface area (Å²) >= 11 is 0. The summed E-state index contributed by atoms with van der Waals surface area (Å²) in [6, 6.07) is 9.10. The quantitative estimate of drug-likeness (QED) is 0.743. The number of hydrogen-bond donors (Lipinski definition) is 2. The topological polar surface area (TPSA) is 82.0 Å². The van der Waals surface area contributed by atoms with Crippen molar-refractivity contribution in [3.63, 3.8) is 0 Å². The van der Waals surface area contributed by atoms with Gasteiger partial charge in [0.05, 0.1) is 11.3 Å². The lowest BCUT2D eigenvalue weighted by atomic mass is 9.81. The first-order valence-corrected chi connectivity index (χ1v) is 9.23. The van der Waals surface area contributed by atoms with Crippen molar-refractivity contribution in [2.75, 3.05) is 11.9 Å². The van der Waals surface area contributed by atoms with E-state index in [4.69, 9.17) is 5.26 Å². The van der Waals surface area contributed by atoms with Crippen molar-refractivity contribution in [2.24, 2.45) is 11.8 Å². The molecule has 134 valence electrons. The summed E-state index contributed by atoms with van der Waals surface area (Å²) in [6.07, 6.45) is 6.23. The number of anilines is 1. The highest BCUT2D eigenvalue weighted by Crippen LogP contribution is 2.30. The minimum absolute atomic E-state index is 0.0251. The Balaban J connectivity index is 1.78. The fourth-order valence-corrected chi connectivity index (χ4v) is 3.27. The van der Waals surface area contributed by atoms with E-state index in [1.807, 2.05) is 0 Å². The highest BCUT2D eigenvalue weighted by Gasteiger charge is 2.30. The van der Waals surface area contributed by atoms with E-state index in [2.05, 4.69) is 23.6 Å². The molecule has 1 aromatic rings. The second-order valence-electron chi connectivity index (χ2n) is 6.69. The van der Waals surface area contributed by atoms with Crippen LogP contribution in [0.15, 0.2) is 24.3 Å². The van der Waals surface area contributed by atoms with Gasteiger partial charge in [-0.3, -0.25) is 9.59 Å². The van der Waals surface area contributed by atoms with Gasteiger partial charge in [0.2, 0.25) is 11.8 Å². The smallest absolute Gasteiger partial charge is 0.227 e. The van der Waals surface area contributed by atoms with E-state index in [0.29, 0.717) is 24.1 Å². The van der Waals surface area contributed by atoms with Crippen LogP contribution in [0.1, 0.15) is 57.4 Å². The van der Waals surface area contributed by atoms with E-state index in [1.54, 1.807) is 24.3 Å². The van der Waals surface area contributed by atoms with Crippen LogP contribution in [0, 0.1) is 23.2 Å². The third kappa shape index (κ3) is 5.60. The number of benzene rings is 1. The summed E-state index contributed by atoms with van der Waals surface area (Å²) in [5.41, 5.74) is 1.03. The third-order valence-electron chi connectivity index (χ3n) is 4.85. The summed E-state index contributed by atoms with van der Waals surface area (Å²) in [5.74, 6) is 0.0160. The molecule has 2 amide bonds. The summed E-state index contributed by atoms with van der Waals surface area (Å²) in [7, 11) is 0. The Labute approximate surface area is 149 Å². The van der Waals surface area contributed by atoms with E-state index in [9.17, 15) is 9.59 Å². The maximum absolute atomic E-state index is 12.4. The summed E-state index contributed by atoms with van der Waals surface area (Å²) in [6.45, 7) is 2.89. The van der Waals surface area contributed by atoms with Gasteiger partial charge in [0.25, 0.3) is 0 Å². The van der Waals surface area contributed by atoms with Crippen LogP contribution in [0.25, 0.3) is 0 Å². The molecule has 0 atom stereocenters. The van der Waals surface area contributed by atoms with Gasteiger partial charge in [-0.05, 0) is 44.2 Å². The number of unbranched alkanes of at least 4 members (excludes halogenated alkanes) is 2. The van der Waals surface area contributed by atoms with Crippen molar-refractivity contribution in [3.05, 3.63) is 29.8 Å². The second-order valence-corrected chi connectivity index (χ2v) is 6.69. The van der Waals surface area contributed by atoms with Gasteiger partial charge < -0.3 is 10.6 Å². The second kappa shape index (κ2) is 9.83. The Morgan fingerprint density at radius 2 is 1.72 bits per heavy atom. The number of carbonyl (C=O) groups excluding carboxylic acids is 2. The van der Waals surface area contributed by atoms with Crippen LogP contribution in [-0.2, 0) is 9.59 Å². The molecule has 0 bridgehead atoms. The number of hydrogen-bond acceptors (Lipinski definition) is 3. The molecule has 0 aliphatic heterocycles. The minimum atomic E-state index is -0.0871. The van der Waals surface area contributed by atoms with Gasteiger partial charge in [0.15, 0.2) is 0 Å². The average molecular weight is 341 g/mol. The van der Waals surface area contributed by atoms with Gasteiger partial charge in [-0.15, -0.1) is 0 Å². The molecule has 0 radical (unpaired) electrons. The maximum atomic E-state index is 12.4. The number of nitrogens with one attached hydrogen (secondary N) is 2. The Bertz CT molecular complexity index is 628. The summed E-state index contributed by atoms with van der Waals surface area (Å²) in [4.78, 5) is 24.6. The zero-order valence-electron chi connectivity index (χ0n) is 14.9. The Morgan fingerprint density at radius 3 is 2.36 bits per heavy atom. The molecule has 1 aromatic carbocycles. The molecule has 2 rings (SSSR count). The monoisotopic (exact) mass is 341 g/mol. The molecule has 25 heavy (non-hydrogen) atoms. The average Bonchev–Trinajstić information content (AvgIpc) is 2.65. The van der Waals surface area contributed by atoms with Gasteiger partial charge in [-0.2, -0.15) is 5.26 Å². The van der Waals surface area contributed by atoms with Crippen molar-refractivity contribution in [3.8, 4) is 6.07 Å². The first-order valence-electron chi connectivity index (χ1n) is 9.23. The molecule has 1 aliphatic carbocycles. The van der Waals surface area contributed by atoms with Crippen molar-refractivity contribution in [2.45, 2.75) is 51.9 Å². The molecule has 0 aromatic heterocycles. The van der Waals surface area contributed by atoms with Crippen LogP contribution in [0.5, 0.6) is 0 Å². The molecule has 2 N–H and O–H groups in total. The normalized spacial score (nSPS) is 19.7. The van der Waals surface area contributed by atoms with Crippen LogP contribution in [-0.4, -0.2) is 18.4 Å². The predicted molar refractivity (Wildman–Crippen MR) is 97.8 cm³/mol. The van der Waals surface area contributed by atoms with Crippen LogP contribution >= 0.6 is 0 Å². The maximum Gasteiger partial charge on any atom is 0.227 e. The Morgan fingerprint density at radius 1 is 1.08 bits per heavy atom. The highest BCUT2D eigenvalue weighted by molar-refractivity contribution is 5.94. The molecule has 5 nitrogen and oxygen atoms in total. The molecular weight excluding hydrogens is 314 g/mol. The fourth-order valence-electron chi connectivity index (χ4n) is 3.27. The lowest BCUT2D eigenvalue weighted by molar-refractivity contribution is -0.128. The largest absolute Gasteiger partial charge is 0.356 e. The number of carbonyl (C=O) groups is 2. The van der Waals surface area contributed by atoms with Crippen LogP contribution in [0.2, 0.25) is 0 Å². The van der Waals surface area contributed by atoms with Gasteiger partial charge in [0, 0.05) is 18.4 Å². The van der Waals surface area contributed by atoms with Crippen molar-refractivity contribution in [1.29, 1.82) is 5.26 Å². The third-order valence-corrected chi connectivity index (χ3v) is 4.85. The standard InChI is InChI=1S/C20H27N3O2/c1-2-3-6-13-22-19(24)15-9-11-16(12-10-15)20(25)23-18-8-5-4-7-17(18)14-21/h4-5,7-8,15-16H,2-3,6,9-13H2,1H3,(H,22,24)(H,23,25). The van der Waals surface area contributed by atoms with Crippen molar-refractivity contribution in [1.82, 2.24) is 5.32 Å². The molecule has 0 spiro atoms. The minimum Gasteiger partial charge on any atom is -0.356 e. The van der Waals surface area contributed by atoms with E-state index in [1.165, 1.54) is 0 Å². The number of nitrogens with zero attached hydrogens (tertiary/aromatic N) is 1. The molecule has 0 heterocycles. The van der Waals surface area contributed by atoms with Crippen LogP contribution in [0.4, 0.5) is 5.69 Å². The predicted octanol–water partition coefficient (Wildman–Crippen LogP) is 3.61. The lowest BCUT2D eigenvalue weighted by Gasteiger charge is -2.27. The zero-order valence-corrected chi connectivity index (χ0v) is 14.9. The molecule has 1 saturated carbocycles. The summed E-state index contributed by atoms with van der Waals surface area (Å²) < 4.78 is 0. The number of para-hydroxylation sites is 1. The van der Waals surface area contributed by atoms with Crippen molar-refractivity contribution >= 4 is 17.5 Å². The number of amides is 2. The number of rotatable bonds is 7. The molecule has 1 fully saturated rings. The Kier molecular flexibility index (Phi) is 7.46. The highest BCUT2D eigenvalue weighted by atomic mass is 16.2. The van der Waals surface area contributed by atoms with E-state index >= 15 is 0 Å². The molecule has 5 heteroatoms. The molecule has 0 unspecified atom stereocenters. The van der Waals surface area contributed by atoms with Crippen LogP contribution < -0.4 is 10.6 Å². The van der Waals surface area contributed by atoms with Gasteiger partial charge in [0.1, 0.15) is 6.07 Å². The number of nitriles is 1. The van der Waals surface area contributed by atoms with Gasteiger partial charge in [-0.1, -0.05) is 31.9 Å². The first-order chi connectivity index (χ1) is 12.2. The SMILES string of the molecule is CCCCCNC(=O)C1CCC(C(=O)Nc2ccccc2C#N)CC1. The zero-order chi connectivity index (χ0) is 18.1. The van der Waals surface area contributed by atoms with E-state index < -0.39 is 0 Å².